The van der Waals surface area contributed by atoms with Crippen LogP contribution in [0, 0.1) is 0 Å². The molecule has 130 valence electrons. The van der Waals surface area contributed by atoms with Crippen molar-refractivity contribution in [1.82, 2.24) is 5.32 Å². The lowest BCUT2D eigenvalue weighted by molar-refractivity contribution is -0.205. The lowest BCUT2D eigenvalue weighted by Crippen LogP contribution is -2.70. The van der Waals surface area contributed by atoms with Gasteiger partial charge in [-0.25, -0.2) is 0 Å². The molecular weight excluding hydrogens is 302 g/mol. The number of rotatable bonds is 6. The van der Waals surface area contributed by atoms with Gasteiger partial charge in [0.1, 0.15) is 5.60 Å². The van der Waals surface area contributed by atoms with E-state index >= 15 is 0 Å². The molecule has 1 aliphatic carbocycles. The average molecular weight is 329 g/mol. The van der Waals surface area contributed by atoms with Gasteiger partial charge in [-0.2, -0.15) is 0 Å². The predicted molar refractivity (Wildman–Crippen MR) is 93.8 cm³/mol. The molecule has 1 aromatic rings. The van der Waals surface area contributed by atoms with Crippen LogP contribution in [0.2, 0.25) is 0 Å². The van der Waals surface area contributed by atoms with Crippen molar-refractivity contribution in [3.63, 3.8) is 0 Å². The molecule has 4 heteroatoms. The van der Waals surface area contributed by atoms with Gasteiger partial charge in [0.25, 0.3) is 0 Å². The molecule has 2 bridgehead atoms. The molecule has 3 saturated heterocycles. The first-order chi connectivity index (χ1) is 11.5. The highest BCUT2D eigenvalue weighted by atomic mass is 16.6. The summed E-state index contributed by atoms with van der Waals surface area (Å²) in [4.78, 5) is 0. The first-order valence-electron chi connectivity index (χ1n) is 8.77. The van der Waals surface area contributed by atoms with Crippen molar-refractivity contribution in [3.05, 3.63) is 41.0 Å². The van der Waals surface area contributed by atoms with E-state index in [-0.39, 0.29) is 16.7 Å². The van der Waals surface area contributed by atoms with Gasteiger partial charge in [-0.05, 0) is 37.8 Å². The van der Waals surface area contributed by atoms with Crippen LogP contribution >= 0.6 is 0 Å². The Balaban J connectivity index is 1.45. The summed E-state index contributed by atoms with van der Waals surface area (Å²) < 4.78 is 17.1. The highest BCUT2D eigenvalue weighted by molar-refractivity contribution is 5.56. The molecule has 0 unspecified atom stereocenters. The van der Waals surface area contributed by atoms with Crippen LogP contribution < -0.4 is 5.32 Å². The van der Waals surface area contributed by atoms with Crippen molar-refractivity contribution in [3.8, 4) is 0 Å². The molecule has 1 aromatic carbocycles. The van der Waals surface area contributed by atoms with Crippen molar-refractivity contribution in [2.45, 2.75) is 50.0 Å². The zero-order valence-corrected chi connectivity index (χ0v) is 14.9. The van der Waals surface area contributed by atoms with Crippen LogP contribution in [0.15, 0.2) is 29.8 Å². The van der Waals surface area contributed by atoms with Crippen LogP contribution in [0.1, 0.15) is 37.8 Å². The minimum atomic E-state index is -0.0873. The fourth-order valence-corrected chi connectivity index (χ4v) is 4.68. The van der Waals surface area contributed by atoms with Gasteiger partial charge in [0.05, 0.1) is 31.0 Å². The standard InChI is InChI=1S/C20H27NO3/c1-15(8-16-6-4-5-7-17(16)10-22-3)9-21-19-11-18(2,12-19)24-20(19)13-23-14-20/h4-8,21H,9-14H2,1-3H3/b15-8+. The van der Waals surface area contributed by atoms with E-state index in [4.69, 9.17) is 14.2 Å². The molecule has 0 aromatic heterocycles. The molecule has 1 saturated carbocycles. The Morgan fingerprint density at radius 3 is 2.71 bits per heavy atom. The van der Waals surface area contributed by atoms with Gasteiger partial charge in [0.2, 0.25) is 0 Å². The van der Waals surface area contributed by atoms with Crippen LogP contribution in [0.5, 0.6) is 0 Å². The number of benzene rings is 1. The van der Waals surface area contributed by atoms with Crippen molar-refractivity contribution >= 4 is 6.08 Å². The Morgan fingerprint density at radius 2 is 2.04 bits per heavy atom. The van der Waals surface area contributed by atoms with E-state index in [1.165, 1.54) is 16.7 Å². The van der Waals surface area contributed by atoms with Crippen molar-refractivity contribution in [1.29, 1.82) is 0 Å². The number of hydrogen-bond acceptors (Lipinski definition) is 4. The summed E-state index contributed by atoms with van der Waals surface area (Å²) >= 11 is 0. The van der Waals surface area contributed by atoms with Gasteiger partial charge >= 0.3 is 0 Å². The molecule has 0 atom stereocenters. The molecule has 1 spiro atoms. The third-order valence-electron chi connectivity index (χ3n) is 5.80. The molecule has 3 aliphatic heterocycles. The minimum absolute atomic E-state index is 0.0550. The number of nitrogens with one attached hydrogen (secondary N) is 1. The van der Waals surface area contributed by atoms with Crippen molar-refractivity contribution < 1.29 is 14.2 Å². The monoisotopic (exact) mass is 329 g/mol. The van der Waals surface area contributed by atoms with Crippen LogP contribution in [0.3, 0.4) is 0 Å². The Bertz CT molecular complexity index is 657. The number of ether oxygens (including phenoxy) is 3. The SMILES string of the molecule is COCc1ccccc1/C=C(\C)CNC12CC(C)(C1)OC21COC1. The van der Waals surface area contributed by atoms with Gasteiger partial charge in [-0.3, -0.25) is 0 Å². The highest BCUT2D eigenvalue weighted by Crippen LogP contribution is 2.62. The fraction of sp³-hybridized carbons (Fsp3) is 0.600. The lowest BCUT2D eigenvalue weighted by Gasteiger charge is -2.51. The molecule has 0 amide bonds. The highest BCUT2D eigenvalue weighted by Gasteiger charge is 2.75. The van der Waals surface area contributed by atoms with Crippen LogP contribution in [-0.2, 0) is 20.8 Å². The smallest absolute Gasteiger partial charge is 0.134 e. The van der Waals surface area contributed by atoms with Gasteiger partial charge in [-0.15, -0.1) is 0 Å². The Hall–Kier alpha value is -1.20. The van der Waals surface area contributed by atoms with Crippen molar-refractivity contribution in [2.75, 3.05) is 26.9 Å². The van der Waals surface area contributed by atoms with E-state index in [1.807, 2.05) is 0 Å². The maximum absolute atomic E-state index is 6.33. The second-order valence-electron chi connectivity index (χ2n) is 7.95. The Morgan fingerprint density at radius 1 is 1.29 bits per heavy atom. The minimum Gasteiger partial charge on any atom is -0.380 e. The zero-order chi connectivity index (χ0) is 16.8. The van der Waals surface area contributed by atoms with E-state index in [0.717, 1.165) is 32.6 Å². The quantitative estimate of drug-likeness (QED) is 0.871. The summed E-state index contributed by atoms with van der Waals surface area (Å²) in [5.74, 6) is 0. The first-order valence-corrected chi connectivity index (χ1v) is 8.77. The summed E-state index contributed by atoms with van der Waals surface area (Å²) in [6.07, 6.45) is 4.45. The Labute approximate surface area is 144 Å². The first kappa shape index (κ1) is 16.3. The van der Waals surface area contributed by atoms with Crippen molar-refractivity contribution in [2.24, 2.45) is 0 Å². The van der Waals surface area contributed by atoms with Crippen LogP contribution in [0.4, 0.5) is 0 Å². The largest absolute Gasteiger partial charge is 0.380 e. The van der Waals surface area contributed by atoms with Crippen LogP contribution in [0.25, 0.3) is 6.08 Å². The molecular formula is C20H27NO3. The molecule has 4 aliphatic rings. The molecule has 24 heavy (non-hydrogen) atoms. The maximum Gasteiger partial charge on any atom is 0.134 e. The second kappa shape index (κ2) is 5.67. The normalized spacial score (nSPS) is 33.4. The van der Waals surface area contributed by atoms with E-state index in [1.54, 1.807) is 7.11 Å². The summed E-state index contributed by atoms with van der Waals surface area (Å²) in [6, 6.07) is 8.41. The summed E-state index contributed by atoms with van der Waals surface area (Å²) in [5, 5.41) is 3.81. The number of methoxy groups -OCH3 is 1. The molecule has 4 fully saturated rings. The number of hydrogen-bond donors (Lipinski definition) is 1. The van der Waals surface area contributed by atoms with E-state index in [0.29, 0.717) is 6.61 Å². The van der Waals surface area contributed by atoms with Gasteiger partial charge < -0.3 is 19.5 Å². The topological polar surface area (TPSA) is 39.7 Å². The third-order valence-corrected chi connectivity index (χ3v) is 5.80. The summed E-state index contributed by atoms with van der Waals surface area (Å²) in [5.41, 5.74) is 3.85. The average Bonchev–Trinajstić information content (AvgIpc) is 2.91. The molecule has 5 rings (SSSR count). The maximum atomic E-state index is 6.33. The van der Waals surface area contributed by atoms with Crippen LogP contribution in [-0.4, -0.2) is 43.6 Å². The second-order valence-corrected chi connectivity index (χ2v) is 7.95. The fourth-order valence-electron chi connectivity index (χ4n) is 4.68. The van der Waals surface area contributed by atoms with E-state index in [2.05, 4.69) is 49.5 Å². The Kier molecular flexibility index (Phi) is 3.84. The molecule has 3 heterocycles. The predicted octanol–water partition coefficient (Wildman–Crippen LogP) is 2.92. The molecule has 1 N–H and O–H groups in total. The summed E-state index contributed by atoms with van der Waals surface area (Å²) in [6.45, 7) is 7.39. The zero-order valence-electron chi connectivity index (χ0n) is 14.9. The molecule has 0 radical (unpaired) electrons. The third kappa shape index (κ3) is 2.44. The van der Waals surface area contributed by atoms with Gasteiger partial charge in [0, 0.05) is 13.7 Å². The summed E-state index contributed by atoms with van der Waals surface area (Å²) in [7, 11) is 1.74. The van der Waals surface area contributed by atoms with E-state index in [9.17, 15) is 0 Å². The molecule has 4 nitrogen and oxygen atoms in total. The van der Waals surface area contributed by atoms with Gasteiger partial charge in [0.15, 0.2) is 0 Å². The van der Waals surface area contributed by atoms with E-state index < -0.39 is 0 Å². The van der Waals surface area contributed by atoms with Gasteiger partial charge in [-0.1, -0.05) is 35.9 Å². The lowest BCUT2D eigenvalue weighted by atomic mass is 9.62.